The molecule has 0 radical (unpaired) electrons. The summed E-state index contributed by atoms with van der Waals surface area (Å²) in [7, 11) is 0.730. The molecule has 0 aliphatic rings. The molecular formula is C12H19NO3S. The molecule has 0 bridgehead atoms. The van der Waals surface area contributed by atoms with Gasteiger partial charge in [0.1, 0.15) is 0 Å². The highest BCUT2D eigenvalue weighted by molar-refractivity contribution is 7.90. The van der Waals surface area contributed by atoms with Crippen LogP contribution in [-0.2, 0) is 9.84 Å². The molecule has 0 aromatic heterocycles. The van der Waals surface area contributed by atoms with Gasteiger partial charge in [0.15, 0.2) is 9.84 Å². The predicted octanol–water partition coefficient (Wildman–Crippen LogP) is 1.08. The van der Waals surface area contributed by atoms with Gasteiger partial charge in [0, 0.05) is 18.9 Å². The fourth-order valence-electron chi connectivity index (χ4n) is 1.78. The van der Waals surface area contributed by atoms with E-state index in [-0.39, 0.29) is 12.6 Å². The second-order valence-electron chi connectivity index (χ2n) is 4.33. The first-order valence-electron chi connectivity index (χ1n) is 5.43. The van der Waals surface area contributed by atoms with Crippen molar-refractivity contribution in [2.24, 2.45) is 0 Å². The summed E-state index contributed by atoms with van der Waals surface area (Å²) in [6.07, 6.45) is 1.82. The van der Waals surface area contributed by atoms with Gasteiger partial charge in [-0.2, -0.15) is 0 Å². The van der Waals surface area contributed by atoms with E-state index in [2.05, 4.69) is 0 Å². The second kappa shape index (κ2) is 5.62. The Balaban J connectivity index is 3.00. The van der Waals surface area contributed by atoms with Crippen LogP contribution in [0.2, 0.25) is 0 Å². The van der Waals surface area contributed by atoms with Crippen molar-refractivity contribution < 1.29 is 13.5 Å². The van der Waals surface area contributed by atoms with Crippen LogP contribution >= 0.6 is 0 Å². The Labute approximate surface area is 103 Å². The number of hydrogen-bond acceptors (Lipinski definition) is 4. The van der Waals surface area contributed by atoms with E-state index in [0.29, 0.717) is 11.3 Å². The minimum Gasteiger partial charge on any atom is -0.396 e. The Morgan fingerprint density at radius 3 is 2.12 bits per heavy atom. The minimum absolute atomic E-state index is 0.105. The maximum atomic E-state index is 11.3. The average molecular weight is 257 g/mol. The van der Waals surface area contributed by atoms with E-state index in [4.69, 9.17) is 5.11 Å². The quantitative estimate of drug-likeness (QED) is 0.857. The summed E-state index contributed by atoms with van der Waals surface area (Å²) < 4.78 is 22.6. The molecule has 96 valence electrons. The first kappa shape index (κ1) is 14.2. The molecule has 0 saturated heterocycles. The molecule has 1 aromatic carbocycles. The number of aliphatic hydroxyl groups is 1. The fraction of sp³-hybridized carbons (Fsp3) is 0.500. The molecule has 0 amide bonds. The Kier molecular flexibility index (Phi) is 4.68. The van der Waals surface area contributed by atoms with E-state index in [1.54, 1.807) is 24.3 Å². The van der Waals surface area contributed by atoms with Gasteiger partial charge in [0.05, 0.1) is 4.90 Å². The largest absolute Gasteiger partial charge is 0.396 e. The third kappa shape index (κ3) is 3.80. The number of sulfone groups is 1. The SMILES string of the molecule is CN(C)C(CCO)c1ccc(S(C)(=O)=O)cc1. The lowest BCUT2D eigenvalue weighted by Gasteiger charge is -2.24. The maximum absolute atomic E-state index is 11.3. The van der Waals surface area contributed by atoms with Crippen molar-refractivity contribution in [1.82, 2.24) is 4.90 Å². The van der Waals surface area contributed by atoms with E-state index in [0.717, 1.165) is 5.56 Å². The molecule has 0 aliphatic carbocycles. The van der Waals surface area contributed by atoms with Crippen LogP contribution in [0.1, 0.15) is 18.0 Å². The number of benzene rings is 1. The van der Waals surface area contributed by atoms with E-state index < -0.39 is 9.84 Å². The number of aliphatic hydroxyl groups excluding tert-OH is 1. The van der Waals surface area contributed by atoms with Crippen LogP contribution in [-0.4, -0.2) is 45.4 Å². The van der Waals surface area contributed by atoms with Crippen LogP contribution in [0.15, 0.2) is 29.2 Å². The molecule has 0 spiro atoms. The standard InChI is InChI=1S/C12H19NO3S/c1-13(2)12(8-9-14)10-4-6-11(7-5-10)17(3,15)16/h4-7,12,14H,8-9H2,1-3H3. The number of hydrogen-bond donors (Lipinski definition) is 1. The van der Waals surface area contributed by atoms with Crippen LogP contribution < -0.4 is 0 Å². The Bertz CT molecular complexity index is 451. The summed E-state index contributed by atoms with van der Waals surface area (Å²) in [6, 6.07) is 6.93. The third-order valence-corrected chi connectivity index (χ3v) is 3.85. The van der Waals surface area contributed by atoms with Crippen molar-refractivity contribution in [3.05, 3.63) is 29.8 Å². The molecule has 0 heterocycles. The van der Waals surface area contributed by atoms with Crippen LogP contribution in [0.3, 0.4) is 0 Å². The molecule has 1 atom stereocenters. The van der Waals surface area contributed by atoms with Crippen LogP contribution in [0, 0.1) is 0 Å². The summed E-state index contributed by atoms with van der Waals surface area (Å²) in [4.78, 5) is 2.33. The highest BCUT2D eigenvalue weighted by Gasteiger charge is 2.14. The number of rotatable bonds is 5. The average Bonchev–Trinajstić information content (AvgIpc) is 2.24. The van der Waals surface area contributed by atoms with Crippen molar-refractivity contribution in [2.45, 2.75) is 17.4 Å². The highest BCUT2D eigenvalue weighted by Crippen LogP contribution is 2.22. The zero-order valence-corrected chi connectivity index (χ0v) is 11.2. The molecule has 4 nitrogen and oxygen atoms in total. The van der Waals surface area contributed by atoms with E-state index in [9.17, 15) is 8.42 Å². The number of nitrogens with zero attached hydrogens (tertiary/aromatic N) is 1. The second-order valence-corrected chi connectivity index (χ2v) is 6.35. The van der Waals surface area contributed by atoms with Crippen molar-refractivity contribution >= 4 is 9.84 Å². The van der Waals surface area contributed by atoms with Gasteiger partial charge < -0.3 is 10.0 Å². The summed E-state index contributed by atoms with van der Waals surface area (Å²) in [5.74, 6) is 0. The van der Waals surface area contributed by atoms with E-state index in [1.165, 1.54) is 6.26 Å². The van der Waals surface area contributed by atoms with Gasteiger partial charge in [0.2, 0.25) is 0 Å². The molecule has 1 rings (SSSR count). The van der Waals surface area contributed by atoms with Gasteiger partial charge in [-0.05, 0) is 38.2 Å². The molecule has 1 unspecified atom stereocenters. The lowest BCUT2D eigenvalue weighted by Crippen LogP contribution is -2.21. The maximum Gasteiger partial charge on any atom is 0.175 e. The highest BCUT2D eigenvalue weighted by atomic mass is 32.2. The Morgan fingerprint density at radius 1 is 1.24 bits per heavy atom. The Morgan fingerprint density at radius 2 is 1.76 bits per heavy atom. The third-order valence-electron chi connectivity index (χ3n) is 2.72. The molecule has 0 fully saturated rings. The zero-order valence-electron chi connectivity index (χ0n) is 10.4. The smallest absolute Gasteiger partial charge is 0.175 e. The van der Waals surface area contributed by atoms with Gasteiger partial charge >= 0.3 is 0 Å². The molecule has 0 saturated carbocycles. The van der Waals surface area contributed by atoms with Crippen LogP contribution in [0.4, 0.5) is 0 Å². The minimum atomic E-state index is -3.14. The normalized spacial score (nSPS) is 13.9. The van der Waals surface area contributed by atoms with E-state index in [1.807, 2.05) is 19.0 Å². The van der Waals surface area contributed by atoms with Gasteiger partial charge in [-0.15, -0.1) is 0 Å². The van der Waals surface area contributed by atoms with Crippen LogP contribution in [0.25, 0.3) is 0 Å². The Hall–Kier alpha value is -0.910. The molecule has 5 heteroatoms. The molecule has 0 aliphatic heterocycles. The monoisotopic (exact) mass is 257 g/mol. The fourth-order valence-corrected chi connectivity index (χ4v) is 2.41. The van der Waals surface area contributed by atoms with Gasteiger partial charge in [-0.3, -0.25) is 0 Å². The van der Waals surface area contributed by atoms with Gasteiger partial charge in [0.25, 0.3) is 0 Å². The molecule has 1 N–H and O–H groups in total. The van der Waals surface area contributed by atoms with Crippen molar-refractivity contribution in [3.63, 3.8) is 0 Å². The van der Waals surface area contributed by atoms with Crippen molar-refractivity contribution in [3.8, 4) is 0 Å². The topological polar surface area (TPSA) is 57.6 Å². The lowest BCUT2D eigenvalue weighted by atomic mass is 10.0. The summed E-state index contributed by atoms with van der Waals surface area (Å²) in [5, 5.41) is 9.01. The molecule has 17 heavy (non-hydrogen) atoms. The van der Waals surface area contributed by atoms with Crippen LogP contribution in [0.5, 0.6) is 0 Å². The lowest BCUT2D eigenvalue weighted by molar-refractivity contribution is 0.211. The molecular weight excluding hydrogens is 238 g/mol. The van der Waals surface area contributed by atoms with Gasteiger partial charge in [-0.1, -0.05) is 12.1 Å². The predicted molar refractivity (Wildman–Crippen MR) is 67.7 cm³/mol. The summed E-state index contributed by atoms with van der Waals surface area (Å²) >= 11 is 0. The van der Waals surface area contributed by atoms with E-state index >= 15 is 0 Å². The summed E-state index contributed by atoms with van der Waals surface area (Å²) in [6.45, 7) is 0.108. The summed E-state index contributed by atoms with van der Waals surface area (Å²) in [5.41, 5.74) is 1.01. The van der Waals surface area contributed by atoms with Crippen molar-refractivity contribution in [1.29, 1.82) is 0 Å². The first-order valence-corrected chi connectivity index (χ1v) is 7.32. The molecule has 1 aromatic rings. The first-order chi connectivity index (χ1) is 7.86. The van der Waals surface area contributed by atoms with Crippen molar-refractivity contribution in [2.75, 3.05) is 27.0 Å². The zero-order chi connectivity index (χ0) is 13.1. The van der Waals surface area contributed by atoms with Gasteiger partial charge in [-0.25, -0.2) is 8.42 Å².